The number of carbonyl (C=O) groups is 1. The Kier molecular flexibility index (Phi) is 7.84. The Bertz CT molecular complexity index is 1820. The van der Waals surface area contributed by atoms with Gasteiger partial charge in [0, 0.05) is 56.5 Å². The van der Waals surface area contributed by atoms with Gasteiger partial charge in [-0.25, -0.2) is 13.8 Å². The molecule has 1 amide bonds. The Morgan fingerprint density at radius 3 is 2.25 bits per heavy atom. The number of nitrogens with zero attached hydrogens (tertiary/aromatic N) is 7. The average Bonchev–Trinajstić information content (AvgIpc) is 3.42. The lowest BCUT2D eigenvalue weighted by molar-refractivity contribution is -0.384. The Hall–Kier alpha value is -5.46. The van der Waals surface area contributed by atoms with Crippen LogP contribution >= 0.6 is 0 Å². The second-order valence-electron chi connectivity index (χ2n) is 10.6. The fraction of sp³-hybridized carbons (Fsp3) is 0.226. The summed E-state index contributed by atoms with van der Waals surface area (Å²) in [7, 11) is 0. The van der Waals surface area contributed by atoms with E-state index in [-0.39, 0.29) is 11.3 Å². The molecule has 0 radical (unpaired) electrons. The Labute approximate surface area is 250 Å². The van der Waals surface area contributed by atoms with Crippen LogP contribution in [0.4, 0.5) is 26.2 Å². The normalized spacial score (nSPS) is 13.3. The molecule has 0 saturated carbocycles. The van der Waals surface area contributed by atoms with Gasteiger partial charge in [0.15, 0.2) is 17.0 Å². The molecular formula is C31H28F2N8O3. The number of nitrogens with one attached hydrogen (secondary N) is 1. The summed E-state index contributed by atoms with van der Waals surface area (Å²) in [4.78, 5) is 41.3. The van der Waals surface area contributed by atoms with Crippen LogP contribution in [0, 0.1) is 28.7 Å². The van der Waals surface area contributed by atoms with E-state index in [2.05, 4.69) is 10.3 Å². The molecule has 13 heteroatoms. The van der Waals surface area contributed by atoms with Crippen molar-refractivity contribution in [1.29, 1.82) is 0 Å². The van der Waals surface area contributed by atoms with Gasteiger partial charge in [-0.2, -0.15) is 9.97 Å². The van der Waals surface area contributed by atoms with Crippen molar-refractivity contribution in [3.63, 3.8) is 0 Å². The molecule has 0 atom stereocenters. The minimum absolute atomic E-state index is 0.0107. The molecule has 0 spiro atoms. The van der Waals surface area contributed by atoms with Crippen molar-refractivity contribution in [2.45, 2.75) is 20.0 Å². The summed E-state index contributed by atoms with van der Waals surface area (Å²) in [6.45, 7) is 4.35. The Morgan fingerprint density at radius 2 is 1.59 bits per heavy atom. The van der Waals surface area contributed by atoms with Crippen molar-refractivity contribution in [2.24, 2.45) is 0 Å². The van der Waals surface area contributed by atoms with Gasteiger partial charge in [0.2, 0.25) is 5.95 Å². The summed E-state index contributed by atoms with van der Waals surface area (Å²) in [5.41, 5.74) is 4.19. The standard InChI is InChI=1S/C31H28F2N8O3/c1-20-2-4-21(5-3-20)17-34-28-27-29(40(19-35-27)18-22-6-8-26(9-7-22)41(43)44)37-31(36-28)39-12-10-38(11-13-39)30(42)23-14-24(32)16-25(33)15-23/h2-9,14-16,19H,10-13,17-18H2,1H3,(H,34,36,37). The summed E-state index contributed by atoms with van der Waals surface area (Å²) in [5.74, 6) is -1.06. The van der Waals surface area contributed by atoms with Crippen molar-refractivity contribution < 1.29 is 18.5 Å². The van der Waals surface area contributed by atoms with Gasteiger partial charge in [-0.15, -0.1) is 0 Å². The molecule has 2 aromatic heterocycles. The third-order valence-electron chi connectivity index (χ3n) is 7.49. The third-order valence-corrected chi connectivity index (χ3v) is 7.49. The first-order valence-electron chi connectivity index (χ1n) is 14.0. The van der Waals surface area contributed by atoms with E-state index in [1.165, 1.54) is 12.1 Å². The summed E-state index contributed by atoms with van der Waals surface area (Å²) in [6.07, 6.45) is 1.66. The Balaban J connectivity index is 1.26. The molecule has 0 unspecified atom stereocenters. The number of nitro groups is 1. The number of halogens is 2. The summed E-state index contributed by atoms with van der Waals surface area (Å²) >= 11 is 0. The molecule has 1 aliphatic heterocycles. The van der Waals surface area contributed by atoms with E-state index in [9.17, 15) is 23.7 Å². The van der Waals surface area contributed by atoms with Crippen LogP contribution in [0.5, 0.6) is 0 Å². The number of hydrogen-bond acceptors (Lipinski definition) is 8. The smallest absolute Gasteiger partial charge is 0.269 e. The van der Waals surface area contributed by atoms with Crippen molar-refractivity contribution >= 4 is 34.5 Å². The van der Waals surface area contributed by atoms with Crippen LogP contribution in [-0.4, -0.2) is 61.4 Å². The number of aryl methyl sites for hydroxylation is 1. The first kappa shape index (κ1) is 28.6. The predicted octanol–water partition coefficient (Wildman–Crippen LogP) is 4.94. The van der Waals surface area contributed by atoms with Crippen molar-refractivity contribution in [1.82, 2.24) is 24.4 Å². The molecule has 224 valence electrons. The lowest BCUT2D eigenvalue weighted by Gasteiger charge is -2.35. The number of anilines is 2. The monoisotopic (exact) mass is 598 g/mol. The largest absolute Gasteiger partial charge is 0.364 e. The van der Waals surface area contributed by atoms with Gasteiger partial charge in [0.1, 0.15) is 11.6 Å². The van der Waals surface area contributed by atoms with Crippen molar-refractivity contribution in [2.75, 3.05) is 36.4 Å². The van der Waals surface area contributed by atoms with Crippen LogP contribution in [0.15, 0.2) is 73.1 Å². The van der Waals surface area contributed by atoms with E-state index in [4.69, 9.17) is 9.97 Å². The van der Waals surface area contributed by atoms with Crippen LogP contribution in [-0.2, 0) is 13.1 Å². The quantitative estimate of drug-likeness (QED) is 0.197. The van der Waals surface area contributed by atoms with Crippen LogP contribution < -0.4 is 10.2 Å². The van der Waals surface area contributed by atoms with E-state index in [1.807, 2.05) is 40.7 Å². The number of non-ortho nitro benzene ring substituents is 1. The highest BCUT2D eigenvalue weighted by atomic mass is 19.1. The highest BCUT2D eigenvalue weighted by molar-refractivity contribution is 5.94. The summed E-state index contributed by atoms with van der Waals surface area (Å²) < 4.78 is 29.3. The first-order chi connectivity index (χ1) is 21.2. The zero-order valence-corrected chi connectivity index (χ0v) is 23.8. The fourth-order valence-corrected chi connectivity index (χ4v) is 5.09. The molecule has 3 aromatic carbocycles. The van der Waals surface area contributed by atoms with Crippen molar-refractivity contribution in [3.05, 3.63) is 117 Å². The fourth-order valence-electron chi connectivity index (χ4n) is 5.09. The van der Waals surface area contributed by atoms with Gasteiger partial charge >= 0.3 is 0 Å². The number of carbonyl (C=O) groups excluding carboxylic acids is 1. The van der Waals surface area contributed by atoms with Gasteiger partial charge in [0.05, 0.1) is 17.8 Å². The molecule has 1 aliphatic rings. The average molecular weight is 599 g/mol. The summed E-state index contributed by atoms with van der Waals surface area (Å²) in [6, 6.07) is 17.3. The molecule has 11 nitrogen and oxygen atoms in total. The van der Waals surface area contributed by atoms with Crippen LogP contribution in [0.1, 0.15) is 27.0 Å². The molecule has 0 aliphatic carbocycles. The lowest BCUT2D eigenvalue weighted by atomic mass is 10.1. The summed E-state index contributed by atoms with van der Waals surface area (Å²) in [5, 5.41) is 14.5. The molecule has 1 fully saturated rings. The minimum atomic E-state index is -0.801. The maximum atomic E-state index is 13.7. The number of nitro benzene ring substituents is 1. The van der Waals surface area contributed by atoms with E-state index >= 15 is 0 Å². The van der Waals surface area contributed by atoms with Crippen LogP contribution in [0.2, 0.25) is 0 Å². The second kappa shape index (κ2) is 12.0. The van der Waals surface area contributed by atoms with Crippen LogP contribution in [0.25, 0.3) is 11.2 Å². The van der Waals surface area contributed by atoms with E-state index in [0.717, 1.165) is 34.9 Å². The second-order valence-corrected chi connectivity index (χ2v) is 10.6. The number of imidazole rings is 1. The number of benzene rings is 3. The van der Waals surface area contributed by atoms with Crippen molar-refractivity contribution in [3.8, 4) is 0 Å². The van der Waals surface area contributed by atoms with Gasteiger partial charge in [-0.1, -0.05) is 42.0 Å². The maximum Gasteiger partial charge on any atom is 0.269 e. The highest BCUT2D eigenvalue weighted by Gasteiger charge is 2.26. The van der Waals surface area contributed by atoms with E-state index in [0.29, 0.717) is 62.2 Å². The number of fused-ring (bicyclic) bond motifs is 1. The topological polar surface area (TPSA) is 122 Å². The zero-order chi connectivity index (χ0) is 30.8. The number of aromatic nitrogens is 4. The number of amides is 1. The van der Waals surface area contributed by atoms with Gasteiger partial charge in [-0.3, -0.25) is 14.9 Å². The number of rotatable bonds is 8. The molecule has 6 rings (SSSR count). The van der Waals surface area contributed by atoms with Gasteiger partial charge in [0.25, 0.3) is 11.6 Å². The maximum absolute atomic E-state index is 13.7. The number of piperazine rings is 1. The molecule has 44 heavy (non-hydrogen) atoms. The van der Waals surface area contributed by atoms with E-state index in [1.54, 1.807) is 23.4 Å². The molecule has 5 aromatic rings. The molecule has 3 heterocycles. The minimum Gasteiger partial charge on any atom is -0.364 e. The zero-order valence-electron chi connectivity index (χ0n) is 23.8. The lowest BCUT2D eigenvalue weighted by Crippen LogP contribution is -2.49. The molecule has 0 bridgehead atoms. The predicted molar refractivity (Wildman–Crippen MR) is 161 cm³/mol. The first-order valence-corrected chi connectivity index (χ1v) is 14.0. The highest BCUT2D eigenvalue weighted by Crippen LogP contribution is 2.25. The third kappa shape index (κ3) is 6.16. The molecule has 1 saturated heterocycles. The van der Waals surface area contributed by atoms with Gasteiger partial charge < -0.3 is 19.7 Å². The van der Waals surface area contributed by atoms with Gasteiger partial charge in [-0.05, 0) is 30.2 Å². The van der Waals surface area contributed by atoms with Crippen LogP contribution in [0.3, 0.4) is 0 Å². The molecule has 1 N–H and O–H groups in total. The Morgan fingerprint density at radius 1 is 0.932 bits per heavy atom. The SMILES string of the molecule is Cc1ccc(CNc2nc(N3CCN(C(=O)c4cc(F)cc(F)c4)CC3)nc3c2ncn3Cc2ccc([N+](=O)[O-])cc2)cc1. The van der Waals surface area contributed by atoms with E-state index < -0.39 is 22.5 Å². The number of hydrogen-bond donors (Lipinski definition) is 1. The molecular weight excluding hydrogens is 570 g/mol.